The van der Waals surface area contributed by atoms with E-state index >= 15 is 0 Å². The number of carbonyl (C=O) groups is 2. The molecule has 0 aliphatic carbocycles. The molecule has 6 heteroatoms. The zero-order valence-electron chi connectivity index (χ0n) is 13.7. The van der Waals surface area contributed by atoms with Crippen molar-refractivity contribution in [3.8, 4) is 0 Å². The fourth-order valence-electron chi connectivity index (χ4n) is 3.15. The summed E-state index contributed by atoms with van der Waals surface area (Å²) in [6, 6.07) is 11.3. The summed E-state index contributed by atoms with van der Waals surface area (Å²) in [6.45, 7) is 1.20. The van der Waals surface area contributed by atoms with E-state index in [2.05, 4.69) is 15.6 Å². The van der Waals surface area contributed by atoms with Gasteiger partial charge in [0, 0.05) is 48.5 Å². The van der Waals surface area contributed by atoms with Crippen LogP contribution in [0.15, 0.2) is 48.8 Å². The molecule has 1 aromatic carbocycles. The SMILES string of the molecule is O=C(CCn1ccc2cccnc21)Nc1ccc2c(c1)CCNC2=O. The maximum atomic E-state index is 12.3. The maximum Gasteiger partial charge on any atom is 0.251 e. The van der Waals surface area contributed by atoms with Crippen molar-refractivity contribution in [3.05, 3.63) is 59.9 Å². The Morgan fingerprint density at radius 1 is 1.28 bits per heavy atom. The number of amides is 2. The molecule has 1 aliphatic heterocycles. The molecule has 3 heterocycles. The number of benzene rings is 1. The van der Waals surface area contributed by atoms with Crippen LogP contribution in [0.1, 0.15) is 22.3 Å². The lowest BCUT2D eigenvalue weighted by atomic mass is 10.00. The van der Waals surface area contributed by atoms with Crippen LogP contribution >= 0.6 is 0 Å². The molecule has 3 aromatic rings. The van der Waals surface area contributed by atoms with Crippen LogP contribution < -0.4 is 10.6 Å². The quantitative estimate of drug-likeness (QED) is 0.769. The number of nitrogens with zero attached hydrogens (tertiary/aromatic N) is 2. The van der Waals surface area contributed by atoms with Gasteiger partial charge in [-0.3, -0.25) is 9.59 Å². The fraction of sp³-hybridized carbons (Fsp3) is 0.211. The minimum atomic E-state index is -0.0574. The molecule has 2 amide bonds. The predicted octanol–water partition coefficient (Wildman–Crippen LogP) is 2.35. The molecular formula is C19H18N4O2. The van der Waals surface area contributed by atoms with E-state index in [0.29, 0.717) is 25.1 Å². The minimum Gasteiger partial charge on any atom is -0.352 e. The number of anilines is 1. The number of pyridine rings is 1. The van der Waals surface area contributed by atoms with Gasteiger partial charge in [0.15, 0.2) is 0 Å². The van der Waals surface area contributed by atoms with E-state index in [-0.39, 0.29) is 11.8 Å². The molecule has 2 N–H and O–H groups in total. The Labute approximate surface area is 144 Å². The number of carbonyl (C=O) groups excluding carboxylic acids is 2. The zero-order valence-corrected chi connectivity index (χ0v) is 13.7. The van der Waals surface area contributed by atoms with Crippen LogP contribution in [0.3, 0.4) is 0 Å². The summed E-state index contributed by atoms with van der Waals surface area (Å²) >= 11 is 0. The number of hydrogen-bond donors (Lipinski definition) is 2. The molecule has 1 aliphatic rings. The Kier molecular flexibility index (Phi) is 3.93. The van der Waals surface area contributed by atoms with Crippen LogP contribution in [-0.2, 0) is 17.8 Å². The van der Waals surface area contributed by atoms with Crippen molar-refractivity contribution in [1.82, 2.24) is 14.9 Å². The largest absolute Gasteiger partial charge is 0.352 e. The van der Waals surface area contributed by atoms with Crippen molar-refractivity contribution in [2.45, 2.75) is 19.4 Å². The average molecular weight is 334 g/mol. The normalized spacial score (nSPS) is 13.4. The van der Waals surface area contributed by atoms with Crippen molar-refractivity contribution in [3.63, 3.8) is 0 Å². The summed E-state index contributed by atoms with van der Waals surface area (Å²) < 4.78 is 1.98. The zero-order chi connectivity index (χ0) is 17.2. The Balaban J connectivity index is 1.41. The van der Waals surface area contributed by atoms with Gasteiger partial charge >= 0.3 is 0 Å². The van der Waals surface area contributed by atoms with Gasteiger partial charge in [0.05, 0.1) is 0 Å². The molecule has 126 valence electrons. The van der Waals surface area contributed by atoms with Gasteiger partial charge in [-0.2, -0.15) is 0 Å². The highest BCUT2D eigenvalue weighted by molar-refractivity contribution is 5.98. The van der Waals surface area contributed by atoms with Gasteiger partial charge in [0.2, 0.25) is 5.91 Å². The van der Waals surface area contributed by atoms with Crippen molar-refractivity contribution >= 4 is 28.5 Å². The second-order valence-electron chi connectivity index (χ2n) is 6.10. The number of aryl methyl sites for hydroxylation is 1. The van der Waals surface area contributed by atoms with Crippen molar-refractivity contribution in [2.75, 3.05) is 11.9 Å². The van der Waals surface area contributed by atoms with Crippen molar-refractivity contribution < 1.29 is 9.59 Å². The van der Waals surface area contributed by atoms with E-state index in [4.69, 9.17) is 0 Å². The molecule has 0 spiro atoms. The number of aromatic nitrogens is 2. The van der Waals surface area contributed by atoms with Gasteiger partial charge in [0.25, 0.3) is 5.91 Å². The van der Waals surface area contributed by atoms with E-state index < -0.39 is 0 Å². The first kappa shape index (κ1) is 15.4. The topological polar surface area (TPSA) is 76.0 Å². The van der Waals surface area contributed by atoms with E-state index in [9.17, 15) is 9.59 Å². The number of fused-ring (bicyclic) bond motifs is 2. The summed E-state index contributed by atoms with van der Waals surface area (Å²) in [5, 5.41) is 6.79. The third kappa shape index (κ3) is 3.10. The Hall–Kier alpha value is -3.15. The third-order valence-corrected chi connectivity index (χ3v) is 4.42. The van der Waals surface area contributed by atoms with Crippen LogP contribution in [0.25, 0.3) is 11.0 Å². The van der Waals surface area contributed by atoms with Crippen molar-refractivity contribution in [1.29, 1.82) is 0 Å². The first-order chi connectivity index (χ1) is 12.2. The molecule has 0 saturated heterocycles. The van der Waals surface area contributed by atoms with Gasteiger partial charge < -0.3 is 15.2 Å². The van der Waals surface area contributed by atoms with Crippen LogP contribution in [0.2, 0.25) is 0 Å². The van der Waals surface area contributed by atoms with Gasteiger partial charge in [-0.15, -0.1) is 0 Å². The minimum absolute atomic E-state index is 0.0499. The van der Waals surface area contributed by atoms with Crippen LogP contribution in [-0.4, -0.2) is 27.9 Å². The molecular weight excluding hydrogens is 316 g/mol. The Morgan fingerprint density at radius 2 is 2.20 bits per heavy atom. The number of rotatable bonds is 4. The molecule has 0 bridgehead atoms. The lowest BCUT2D eigenvalue weighted by Gasteiger charge is -2.17. The van der Waals surface area contributed by atoms with Gasteiger partial charge in [0.1, 0.15) is 5.65 Å². The Bertz CT molecular complexity index is 961. The van der Waals surface area contributed by atoms with E-state index in [0.717, 1.165) is 28.7 Å². The predicted molar refractivity (Wildman–Crippen MR) is 95.5 cm³/mol. The monoisotopic (exact) mass is 334 g/mol. The first-order valence-corrected chi connectivity index (χ1v) is 8.31. The highest BCUT2D eigenvalue weighted by atomic mass is 16.2. The summed E-state index contributed by atoms with van der Waals surface area (Å²) in [6.07, 6.45) is 4.84. The molecule has 0 radical (unpaired) electrons. The summed E-state index contributed by atoms with van der Waals surface area (Å²) in [7, 11) is 0. The van der Waals surface area contributed by atoms with E-state index in [1.165, 1.54) is 0 Å². The van der Waals surface area contributed by atoms with Gasteiger partial charge in [-0.25, -0.2) is 4.98 Å². The maximum absolute atomic E-state index is 12.3. The average Bonchev–Trinajstić information content (AvgIpc) is 3.03. The van der Waals surface area contributed by atoms with Gasteiger partial charge in [-0.05, 0) is 48.4 Å². The molecule has 2 aromatic heterocycles. The molecule has 6 nitrogen and oxygen atoms in total. The van der Waals surface area contributed by atoms with Crippen LogP contribution in [0.5, 0.6) is 0 Å². The molecule has 0 unspecified atom stereocenters. The molecule has 4 rings (SSSR count). The van der Waals surface area contributed by atoms with Crippen molar-refractivity contribution in [2.24, 2.45) is 0 Å². The van der Waals surface area contributed by atoms with E-state index in [1.54, 1.807) is 18.3 Å². The van der Waals surface area contributed by atoms with Crippen LogP contribution in [0.4, 0.5) is 5.69 Å². The summed E-state index contributed by atoms with van der Waals surface area (Å²) in [5.41, 5.74) is 3.28. The highest BCUT2D eigenvalue weighted by Crippen LogP contribution is 2.19. The van der Waals surface area contributed by atoms with Crippen LogP contribution in [0, 0.1) is 0 Å². The fourth-order valence-corrected chi connectivity index (χ4v) is 3.15. The molecule has 0 saturated carbocycles. The third-order valence-electron chi connectivity index (χ3n) is 4.42. The number of nitrogens with one attached hydrogen (secondary N) is 2. The summed E-state index contributed by atoms with van der Waals surface area (Å²) in [4.78, 5) is 28.4. The first-order valence-electron chi connectivity index (χ1n) is 8.31. The standard InChI is InChI=1S/C19H18N4O2/c24-17(7-11-23-10-6-13-2-1-8-20-18(13)23)22-15-3-4-16-14(12-15)5-9-21-19(16)25/h1-4,6,8,10,12H,5,7,9,11H2,(H,21,25)(H,22,24). The van der Waals surface area contributed by atoms with Gasteiger partial charge in [-0.1, -0.05) is 0 Å². The molecule has 25 heavy (non-hydrogen) atoms. The number of hydrogen-bond acceptors (Lipinski definition) is 3. The Morgan fingerprint density at radius 3 is 3.12 bits per heavy atom. The second kappa shape index (κ2) is 6.39. The second-order valence-corrected chi connectivity index (χ2v) is 6.10. The lowest BCUT2D eigenvalue weighted by Crippen LogP contribution is -2.31. The molecule has 0 fully saturated rings. The smallest absolute Gasteiger partial charge is 0.251 e. The molecule has 0 atom stereocenters. The van der Waals surface area contributed by atoms with E-state index in [1.807, 2.05) is 35.0 Å². The highest BCUT2D eigenvalue weighted by Gasteiger charge is 2.16. The lowest BCUT2D eigenvalue weighted by molar-refractivity contribution is -0.116. The summed E-state index contributed by atoms with van der Waals surface area (Å²) in [5.74, 6) is -0.107.